The van der Waals surface area contributed by atoms with Crippen LogP contribution in [-0.2, 0) is 0 Å². The number of carbonyl (C=O) groups excluding carboxylic acids is 1. The summed E-state index contributed by atoms with van der Waals surface area (Å²) in [6, 6.07) is 10.7. The van der Waals surface area contributed by atoms with Crippen molar-refractivity contribution in [1.29, 1.82) is 0 Å². The molecule has 1 aliphatic heterocycles. The molecule has 1 fully saturated rings. The van der Waals surface area contributed by atoms with Gasteiger partial charge in [-0.05, 0) is 42.5 Å². The average molecular weight is 512 g/mol. The van der Waals surface area contributed by atoms with Crippen molar-refractivity contribution < 1.29 is 27.1 Å². The predicted molar refractivity (Wildman–Crippen MR) is 125 cm³/mol. The monoisotopic (exact) mass is 511 g/mol. The SMILES string of the molecule is O=C(Nc1ccc(OC(F)(F)Cl)cc1)c1cnc(N2CCN(CC(F)F)CC2)c(-c2ccc[nH]2)c1. The number of pyridine rings is 1. The van der Waals surface area contributed by atoms with Crippen LogP contribution in [0.3, 0.4) is 0 Å². The third-order valence-corrected chi connectivity index (χ3v) is 5.51. The van der Waals surface area contributed by atoms with Gasteiger partial charge in [0.05, 0.1) is 12.1 Å². The molecule has 2 aromatic heterocycles. The zero-order chi connectivity index (χ0) is 25.0. The number of piperazine rings is 1. The summed E-state index contributed by atoms with van der Waals surface area (Å²) in [4.78, 5) is 24.2. The van der Waals surface area contributed by atoms with Crippen LogP contribution in [0, 0.1) is 0 Å². The fourth-order valence-electron chi connectivity index (χ4n) is 3.81. The third-order valence-electron chi connectivity index (χ3n) is 5.43. The van der Waals surface area contributed by atoms with Crippen molar-refractivity contribution in [3.8, 4) is 17.0 Å². The molecule has 7 nitrogen and oxygen atoms in total. The highest BCUT2D eigenvalue weighted by atomic mass is 35.5. The number of amides is 1. The van der Waals surface area contributed by atoms with E-state index in [1.165, 1.54) is 30.5 Å². The molecule has 1 aliphatic rings. The quantitative estimate of drug-likeness (QED) is 0.333. The number of ether oxygens (including phenoxy) is 1. The van der Waals surface area contributed by atoms with Crippen LogP contribution in [0.15, 0.2) is 54.9 Å². The first kappa shape index (κ1) is 24.8. The Labute approximate surface area is 203 Å². The number of carbonyl (C=O) groups is 1. The van der Waals surface area contributed by atoms with Crippen molar-refractivity contribution in [3.05, 3.63) is 60.4 Å². The van der Waals surface area contributed by atoms with E-state index in [9.17, 15) is 22.4 Å². The van der Waals surface area contributed by atoms with Gasteiger partial charge in [0, 0.05) is 67.1 Å². The van der Waals surface area contributed by atoms with Gasteiger partial charge in [-0.25, -0.2) is 13.8 Å². The summed E-state index contributed by atoms with van der Waals surface area (Å²) in [7, 11) is 0. The molecule has 4 rings (SSSR count). The first-order valence-corrected chi connectivity index (χ1v) is 11.1. The minimum atomic E-state index is -3.83. The fraction of sp³-hybridized carbons (Fsp3) is 0.304. The Morgan fingerprint density at radius 3 is 2.49 bits per heavy atom. The molecular weight excluding hydrogens is 490 g/mol. The van der Waals surface area contributed by atoms with Crippen molar-refractivity contribution in [1.82, 2.24) is 14.9 Å². The molecule has 35 heavy (non-hydrogen) atoms. The summed E-state index contributed by atoms with van der Waals surface area (Å²) in [6.07, 6.45) is 0.811. The zero-order valence-electron chi connectivity index (χ0n) is 18.4. The van der Waals surface area contributed by atoms with Gasteiger partial charge in [0.25, 0.3) is 12.3 Å². The highest BCUT2D eigenvalue weighted by molar-refractivity contribution is 6.20. The number of hydrogen-bond acceptors (Lipinski definition) is 5. The predicted octanol–water partition coefficient (Wildman–Crippen LogP) is 4.88. The lowest BCUT2D eigenvalue weighted by Crippen LogP contribution is -2.48. The van der Waals surface area contributed by atoms with Gasteiger partial charge >= 0.3 is 5.57 Å². The van der Waals surface area contributed by atoms with Gasteiger partial charge in [-0.15, -0.1) is 8.78 Å². The summed E-state index contributed by atoms with van der Waals surface area (Å²) in [5, 5.41) is 2.69. The van der Waals surface area contributed by atoms with Crippen molar-refractivity contribution in [2.75, 3.05) is 42.9 Å². The maximum atomic E-state index is 12.9. The number of halogens is 5. The summed E-state index contributed by atoms with van der Waals surface area (Å²) < 4.78 is 55.2. The zero-order valence-corrected chi connectivity index (χ0v) is 19.1. The maximum Gasteiger partial charge on any atom is 0.487 e. The minimum absolute atomic E-state index is 0.156. The van der Waals surface area contributed by atoms with Gasteiger partial charge in [-0.3, -0.25) is 9.69 Å². The van der Waals surface area contributed by atoms with E-state index in [-0.39, 0.29) is 17.9 Å². The fourth-order valence-corrected chi connectivity index (χ4v) is 3.90. The number of aromatic amines is 1. The molecule has 0 unspecified atom stereocenters. The number of alkyl halides is 5. The van der Waals surface area contributed by atoms with Crippen LogP contribution >= 0.6 is 11.6 Å². The number of aromatic nitrogens is 2. The van der Waals surface area contributed by atoms with E-state index in [2.05, 4.69) is 20.0 Å². The Hall–Kier alpha value is -3.31. The number of benzene rings is 1. The van der Waals surface area contributed by atoms with E-state index < -0.39 is 17.9 Å². The van der Waals surface area contributed by atoms with E-state index in [0.29, 0.717) is 43.2 Å². The Kier molecular flexibility index (Phi) is 7.46. The molecule has 0 bridgehead atoms. The number of nitrogens with one attached hydrogen (secondary N) is 2. The summed E-state index contributed by atoms with van der Waals surface area (Å²) in [5.74, 6) is 0.0378. The smallest absolute Gasteiger partial charge is 0.420 e. The molecule has 0 spiro atoms. The Balaban J connectivity index is 1.50. The van der Waals surface area contributed by atoms with Crippen LogP contribution in [0.4, 0.5) is 29.1 Å². The Morgan fingerprint density at radius 2 is 1.89 bits per heavy atom. The first-order chi connectivity index (χ1) is 16.7. The maximum absolute atomic E-state index is 12.9. The van der Waals surface area contributed by atoms with Crippen LogP contribution in [0.1, 0.15) is 10.4 Å². The van der Waals surface area contributed by atoms with E-state index in [0.717, 1.165) is 5.69 Å². The summed E-state index contributed by atoms with van der Waals surface area (Å²) in [6.45, 7) is 1.75. The Morgan fingerprint density at radius 1 is 1.17 bits per heavy atom. The number of nitrogens with zero attached hydrogens (tertiary/aromatic N) is 3. The average Bonchev–Trinajstić information content (AvgIpc) is 3.34. The molecule has 2 N–H and O–H groups in total. The molecular formula is C23H22ClF4N5O2. The van der Waals surface area contributed by atoms with Crippen LogP contribution in [0.2, 0.25) is 0 Å². The second-order valence-corrected chi connectivity index (χ2v) is 8.32. The summed E-state index contributed by atoms with van der Waals surface area (Å²) >= 11 is 4.75. The minimum Gasteiger partial charge on any atom is -0.420 e. The molecule has 1 aromatic carbocycles. The van der Waals surface area contributed by atoms with Crippen LogP contribution < -0.4 is 15.0 Å². The number of rotatable bonds is 8. The van der Waals surface area contributed by atoms with Gasteiger partial charge in [0.1, 0.15) is 11.6 Å². The molecule has 186 valence electrons. The van der Waals surface area contributed by atoms with E-state index in [4.69, 9.17) is 11.6 Å². The first-order valence-electron chi connectivity index (χ1n) is 10.7. The van der Waals surface area contributed by atoms with Gasteiger partial charge in [0.15, 0.2) is 0 Å². The lowest BCUT2D eigenvalue weighted by Gasteiger charge is -2.36. The van der Waals surface area contributed by atoms with Gasteiger partial charge in [-0.1, -0.05) is 0 Å². The molecule has 1 amide bonds. The lowest BCUT2D eigenvalue weighted by atomic mass is 10.1. The van der Waals surface area contributed by atoms with Crippen LogP contribution in [0.5, 0.6) is 5.75 Å². The van der Waals surface area contributed by atoms with Crippen molar-refractivity contribution >= 4 is 29.0 Å². The van der Waals surface area contributed by atoms with Crippen molar-refractivity contribution in [2.45, 2.75) is 12.0 Å². The van der Waals surface area contributed by atoms with Gasteiger partial charge in [0.2, 0.25) is 0 Å². The molecule has 0 saturated carbocycles. The molecule has 0 radical (unpaired) electrons. The highest BCUT2D eigenvalue weighted by Gasteiger charge is 2.27. The topological polar surface area (TPSA) is 73.5 Å². The second kappa shape index (κ2) is 10.5. The Bertz CT molecular complexity index is 1130. The second-order valence-electron chi connectivity index (χ2n) is 7.88. The summed E-state index contributed by atoms with van der Waals surface area (Å²) in [5.41, 5.74) is -1.75. The number of hydrogen-bond donors (Lipinski definition) is 2. The standard InChI is InChI=1S/C23H22ClF4N5O2/c24-23(27,28)35-17-5-3-16(4-6-17)31-22(34)15-12-18(19-2-1-7-29-19)21(30-13-15)33-10-8-32(9-11-33)14-20(25)26/h1-7,12-13,20,29H,8-11,14H2,(H,31,34). The van der Waals surface area contributed by atoms with Gasteiger partial charge in [-0.2, -0.15) is 0 Å². The molecule has 0 atom stereocenters. The molecule has 1 saturated heterocycles. The highest BCUT2D eigenvalue weighted by Crippen LogP contribution is 2.30. The van der Waals surface area contributed by atoms with Crippen LogP contribution in [0.25, 0.3) is 11.3 Å². The number of anilines is 2. The largest absolute Gasteiger partial charge is 0.487 e. The molecule has 12 heteroatoms. The van der Waals surface area contributed by atoms with E-state index >= 15 is 0 Å². The van der Waals surface area contributed by atoms with Gasteiger partial charge < -0.3 is 19.9 Å². The number of H-pyrrole nitrogens is 1. The van der Waals surface area contributed by atoms with Crippen molar-refractivity contribution in [2.24, 2.45) is 0 Å². The lowest BCUT2D eigenvalue weighted by molar-refractivity contribution is -0.0964. The van der Waals surface area contributed by atoms with Crippen LogP contribution in [-0.4, -0.2) is 65.5 Å². The van der Waals surface area contributed by atoms with E-state index in [1.807, 2.05) is 17.0 Å². The van der Waals surface area contributed by atoms with E-state index in [1.54, 1.807) is 17.2 Å². The molecule has 3 heterocycles. The normalized spacial score (nSPS) is 14.9. The molecule has 3 aromatic rings. The van der Waals surface area contributed by atoms with Crippen molar-refractivity contribution in [3.63, 3.8) is 0 Å². The third kappa shape index (κ3) is 6.64. The molecule has 0 aliphatic carbocycles.